The zero-order valence-corrected chi connectivity index (χ0v) is 12.6. The van der Waals surface area contributed by atoms with Gasteiger partial charge in [-0.05, 0) is 30.3 Å². The predicted octanol–water partition coefficient (Wildman–Crippen LogP) is 4.88. The lowest BCUT2D eigenvalue weighted by atomic mass is 9.99. The Kier molecular flexibility index (Phi) is 3.55. The van der Waals surface area contributed by atoms with E-state index >= 15 is 0 Å². The first-order valence-corrected chi connectivity index (χ1v) is 7.17. The van der Waals surface area contributed by atoms with E-state index in [0.717, 1.165) is 15.4 Å². The van der Waals surface area contributed by atoms with Crippen molar-refractivity contribution in [3.8, 4) is 0 Å². The Balaban J connectivity index is 2.20. The van der Waals surface area contributed by atoms with Gasteiger partial charge in [-0.25, -0.2) is 0 Å². The number of benzene rings is 2. The molecular formula is C16H9BrClNO. The smallest absolute Gasteiger partial charge is 0.194 e. The zero-order valence-electron chi connectivity index (χ0n) is 10.3. The van der Waals surface area contributed by atoms with Crippen LogP contribution in [0.1, 0.15) is 15.9 Å². The van der Waals surface area contributed by atoms with Crippen LogP contribution < -0.4 is 0 Å². The van der Waals surface area contributed by atoms with Crippen molar-refractivity contribution in [2.24, 2.45) is 0 Å². The number of nitrogens with zero attached hydrogens (tertiary/aromatic N) is 1. The summed E-state index contributed by atoms with van der Waals surface area (Å²) in [5.74, 6) is -0.0713. The molecule has 0 aliphatic rings. The molecule has 0 saturated carbocycles. The maximum atomic E-state index is 12.7. The molecule has 0 atom stereocenters. The van der Waals surface area contributed by atoms with Gasteiger partial charge in [0.25, 0.3) is 0 Å². The highest BCUT2D eigenvalue weighted by molar-refractivity contribution is 9.10. The summed E-state index contributed by atoms with van der Waals surface area (Å²) in [5.41, 5.74) is 1.98. The maximum Gasteiger partial charge on any atom is 0.194 e. The van der Waals surface area contributed by atoms with E-state index in [-0.39, 0.29) is 5.78 Å². The van der Waals surface area contributed by atoms with Crippen LogP contribution >= 0.6 is 27.5 Å². The molecule has 3 aromatic rings. The molecule has 20 heavy (non-hydrogen) atoms. The number of hydrogen-bond acceptors (Lipinski definition) is 2. The number of ketones is 1. The number of hydrogen-bond donors (Lipinski definition) is 0. The van der Waals surface area contributed by atoms with E-state index in [2.05, 4.69) is 20.9 Å². The molecule has 0 radical (unpaired) electrons. The van der Waals surface area contributed by atoms with Crippen molar-refractivity contribution < 1.29 is 4.79 Å². The van der Waals surface area contributed by atoms with Gasteiger partial charge < -0.3 is 0 Å². The van der Waals surface area contributed by atoms with Gasteiger partial charge in [-0.3, -0.25) is 9.78 Å². The second-order valence-electron chi connectivity index (χ2n) is 4.33. The van der Waals surface area contributed by atoms with Crippen molar-refractivity contribution in [3.63, 3.8) is 0 Å². The van der Waals surface area contributed by atoms with E-state index < -0.39 is 0 Å². The first kappa shape index (κ1) is 13.3. The van der Waals surface area contributed by atoms with E-state index in [1.54, 1.807) is 30.5 Å². The lowest BCUT2D eigenvalue weighted by molar-refractivity contribution is 0.103. The number of aromatic nitrogens is 1. The molecule has 0 fully saturated rings. The van der Waals surface area contributed by atoms with E-state index in [1.165, 1.54) is 0 Å². The van der Waals surface area contributed by atoms with Crippen molar-refractivity contribution >= 4 is 44.2 Å². The Morgan fingerprint density at radius 1 is 1.05 bits per heavy atom. The molecule has 4 heteroatoms. The monoisotopic (exact) mass is 345 g/mol. The summed E-state index contributed by atoms with van der Waals surface area (Å²) >= 11 is 9.38. The Morgan fingerprint density at radius 3 is 2.75 bits per heavy atom. The zero-order chi connectivity index (χ0) is 14.1. The molecule has 0 saturated heterocycles. The number of fused-ring (bicyclic) bond motifs is 1. The van der Waals surface area contributed by atoms with Crippen LogP contribution in [-0.2, 0) is 0 Å². The fourth-order valence-electron chi connectivity index (χ4n) is 2.12. The average molecular weight is 347 g/mol. The number of carbonyl (C=O) groups is 1. The van der Waals surface area contributed by atoms with E-state index in [4.69, 9.17) is 11.6 Å². The summed E-state index contributed by atoms with van der Waals surface area (Å²) in [6, 6.07) is 14.4. The first-order chi connectivity index (χ1) is 9.66. The minimum absolute atomic E-state index is 0.0713. The van der Waals surface area contributed by atoms with Crippen molar-refractivity contribution in [3.05, 3.63) is 75.4 Å². The highest BCUT2D eigenvalue weighted by Gasteiger charge is 2.15. The maximum absolute atomic E-state index is 12.7. The third-order valence-corrected chi connectivity index (χ3v) is 3.99. The number of halogens is 2. The van der Waals surface area contributed by atoms with Crippen LogP contribution in [0.4, 0.5) is 0 Å². The summed E-state index contributed by atoms with van der Waals surface area (Å²) in [7, 11) is 0. The molecule has 0 aliphatic heterocycles. The van der Waals surface area contributed by atoms with E-state index in [0.29, 0.717) is 16.1 Å². The van der Waals surface area contributed by atoms with Gasteiger partial charge in [0, 0.05) is 32.2 Å². The molecule has 0 N–H and O–H groups in total. The van der Waals surface area contributed by atoms with Crippen molar-refractivity contribution in [1.29, 1.82) is 0 Å². The lowest BCUT2D eigenvalue weighted by Gasteiger charge is -2.07. The van der Waals surface area contributed by atoms with Crippen LogP contribution in [0.15, 0.2) is 59.2 Å². The first-order valence-electron chi connectivity index (χ1n) is 6.00. The van der Waals surface area contributed by atoms with E-state index in [9.17, 15) is 4.79 Å². The normalized spacial score (nSPS) is 10.7. The highest BCUT2D eigenvalue weighted by Crippen LogP contribution is 2.26. The number of carbonyl (C=O) groups excluding carboxylic acids is 1. The Bertz CT molecular complexity index is 811. The molecule has 2 aromatic carbocycles. The number of rotatable bonds is 2. The third-order valence-electron chi connectivity index (χ3n) is 3.06. The Labute approximate surface area is 129 Å². The molecule has 1 heterocycles. The molecule has 1 aromatic heterocycles. The van der Waals surface area contributed by atoms with Gasteiger partial charge in [-0.1, -0.05) is 45.7 Å². The van der Waals surface area contributed by atoms with E-state index in [1.807, 2.05) is 24.3 Å². The largest absolute Gasteiger partial charge is 0.289 e. The van der Waals surface area contributed by atoms with Gasteiger partial charge in [0.15, 0.2) is 5.78 Å². The quantitative estimate of drug-likeness (QED) is 0.619. The minimum atomic E-state index is -0.0713. The predicted molar refractivity (Wildman–Crippen MR) is 84.3 cm³/mol. The average Bonchev–Trinajstić information content (AvgIpc) is 2.48. The highest BCUT2D eigenvalue weighted by atomic mass is 79.9. The lowest BCUT2D eigenvalue weighted by Crippen LogP contribution is -2.03. The molecule has 0 bridgehead atoms. The summed E-state index contributed by atoms with van der Waals surface area (Å²) in [5, 5.41) is 1.38. The van der Waals surface area contributed by atoms with Crippen molar-refractivity contribution in [2.45, 2.75) is 0 Å². The van der Waals surface area contributed by atoms with Crippen molar-refractivity contribution in [1.82, 2.24) is 4.98 Å². The molecule has 0 spiro atoms. The van der Waals surface area contributed by atoms with Crippen LogP contribution in [0.3, 0.4) is 0 Å². The van der Waals surface area contributed by atoms with Crippen molar-refractivity contribution in [2.75, 3.05) is 0 Å². The summed E-state index contributed by atoms with van der Waals surface area (Å²) < 4.78 is 0.729. The topological polar surface area (TPSA) is 30.0 Å². The Morgan fingerprint density at radius 2 is 1.90 bits per heavy atom. The summed E-state index contributed by atoms with van der Waals surface area (Å²) in [6.07, 6.45) is 1.71. The van der Waals surface area contributed by atoms with Gasteiger partial charge in [-0.15, -0.1) is 0 Å². The summed E-state index contributed by atoms with van der Waals surface area (Å²) in [6.45, 7) is 0. The fourth-order valence-corrected chi connectivity index (χ4v) is 2.72. The van der Waals surface area contributed by atoms with Gasteiger partial charge in [0.2, 0.25) is 0 Å². The standard InChI is InChI=1S/C16H9BrClNO/c17-14-7-6-10(18)9-13(14)16(20)12-3-1-5-15-11(12)4-2-8-19-15/h1-9H. The second kappa shape index (κ2) is 5.35. The van der Waals surface area contributed by atoms with Gasteiger partial charge in [0.1, 0.15) is 0 Å². The summed E-state index contributed by atoms with van der Waals surface area (Å²) in [4.78, 5) is 17.0. The van der Waals surface area contributed by atoms with Gasteiger partial charge in [-0.2, -0.15) is 0 Å². The Hall–Kier alpha value is -1.71. The molecule has 0 amide bonds. The molecule has 0 unspecified atom stereocenters. The third kappa shape index (κ3) is 2.35. The molecular weight excluding hydrogens is 338 g/mol. The van der Waals surface area contributed by atoms with Crippen LogP contribution in [0.25, 0.3) is 10.9 Å². The minimum Gasteiger partial charge on any atom is -0.289 e. The van der Waals surface area contributed by atoms with Crippen LogP contribution in [0.2, 0.25) is 5.02 Å². The SMILES string of the molecule is O=C(c1cc(Cl)ccc1Br)c1cccc2ncccc12. The second-order valence-corrected chi connectivity index (χ2v) is 5.62. The molecule has 98 valence electrons. The van der Waals surface area contributed by atoms with Crippen LogP contribution in [0, 0.1) is 0 Å². The van der Waals surface area contributed by atoms with Crippen LogP contribution in [0.5, 0.6) is 0 Å². The molecule has 2 nitrogen and oxygen atoms in total. The molecule has 3 rings (SSSR count). The fraction of sp³-hybridized carbons (Fsp3) is 0. The van der Waals surface area contributed by atoms with Gasteiger partial charge in [0.05, 0.1) is 5.52 Å². The van der Waals surface area contributed by atoms with Gasteiger partial charge >= 0.3 is 0 Å². The molecule has 0 aliphatic carbocycles. The number of pyridine rings is 1. The van der Waals surface area contributed by atoms with Crippen LogP contribution in [-0.4, -0.2) is 10.8 Å².